The van der Waals surface area contributed by atoms with Gasteiger partial charge in [-0.1, -0.05) is 18.2 Å². The van der Waals surface area contributed by atoms with Crippen LogP contribution in [0.5, 0.6) is 0 Å². The summed E-state index contributed by atoms with van der Waals surface area (Å²) >= 11 is 0. The first-order valence-corrected chi connectivity index (χ1v) is 8.90. The van der Waals surface area contributed by atoms with E-state index in [2.05, 4.69) is 20.6 Å². The molecule has 2 heterocycles. The number of carbonyl (C=O) groups is 1. The maximum atomic E-state index is 12.5. The molecule has 0 aliphatic carbocycles. The molecule has 0 bridgehead atoms. The second kappa shape index (κ2) is 8.03. The molecule has 7 nitrogen and oxygen atoms in total. The van der Waals surface area contributed by atoms with Gasteiger partial charge in [0.15, 0.2) is 0 Å². The van der Waals surface area contributed by atoms with Crippen molar-refractivity contribution in [2.24, 2.45) is 0 Å². The number of benzene rings is 1. The zero-order chi connectivity index (χ0) is 18.5. The third-order valence-corrected chi connectivity index (χ3v) is 4.63. The largest absolute Gasteiger partial charge is 0.367 e. The van der Waals surface area contributed by atoms with Crippen molar-refractivity contribution in [2.45, 2.75) is 25.8 Å². The quantitative estimate of drug-likeness (QED) is 0.883. The minimum atomic E-state index is -0.0327. The minimum absolute atomic E-state index is 0.0327. The number of hydrogen-bond acceptors (Lipinski definition) is 5. The molecule has 1 fully saturated rings. The first-order valence-electron chi connectivity index (χ1n) is 8.90. The molecule has 0 radical (unpaired) electrons. The highest BCUT2D eigenvalue weighted by molar-refractivity contribution is 5.90. The molecule has 1 aliphatic heterocycles. The summed E-state index contributed by atoms with van der Waals surface area (Å²) in [5.41, 5.74) is 1.94. The van der Waals surface area contributed by atoms with Crippen LogP contribution in [0.3, 0.4) is 0 Å². The van der Waals surface area contributed by atoms with Crippen LogP contribution in [-0.2, 0) is 0 Å². The third kappa shape index (κ3) is 4.41. The summed E-state index contributed by atoms with van der Waals surface area (Å²) in [4.78, 5) is 24.8. The normalized spacial score (nSPS) is 14.8. The van der Waals surface area contributed by atoms with E-state index in [4.69, 9.17) is 0 Å². The van der Waals surface area contributed by atoms with Crippen LogP contribution in [0.2, 0.25) is 0 Å². The lowest BCUT2D eigenvalue weighted by Gasteiger charge is -2.32. The van der Waals surface area contributed by atoms with Crippen LogP contribution in [0.15, 0.2) is 36.7 Å². The number of hydrogen-bond donors (Lipinski definition) is 2. The van der Waals surface area contributed by atoms with Crippen LogP contribution in [0.4, 0.5) is 22.1 Å². The molecule has 26 heavy (non-hydrogen) atoms. The van der Waals surface area contributed by atoms with E-state index in [-0.39, 0.29) is 6.03 Å². The number of urea groups is 1. The number of likely N-dealkylation sites (tertiary alicyclic amines) is 1. The Hall–Kier alpha value is -2.83. The third-order valence-electron chi connectivity index (χ3n) is 4.63. The topological polar surface area (TPSA) is 73.4 Å². The first-order chi connectivity index (χ1) is 12.5. The Labute approximate surface area is 154 Å². The molecule has 7 heteroatoms. The van der Waals surface area contributed by atoms with E-state index in [1.54, 1.807) is 6.33 Å². The van der Waals surface area contributed by atoms with E-state index < -0.39 is 0 Å². The Morgan fingerprint density at radius 1 is 1.19 bits per heavy atom. The van der Waals surface area contributed by atoms with Gasteiger partial charge in [0.25, 0.3) is 0 Å². The van der Waals surface area contributed by atoms with Crippen molar-refractivity contribution >= 4 is 23.4 Å². The van der Waals surface area contributed by atoms with E-state index in [0.717, 1.165) is 48.8 Å². The summed E-state index contributed by atoms with van der Waals surface area (Å²) in [5, 5.41) is 6.46. The lowest BCUT2D eigenvalue weighted by molar-refractivity contribution is 0.197. The standard InChI is InChI=1S/C19H26N6O/c1-14-6-4-5-7-16(14)23-19(26)25-10-8-15(9-11-25)22-17-12-18(24(2)3)21-13-20-17/h4-7,12-13,15H,8-11H2,1-3H3,(H,23,26)(H,20,21,22). The van der Waals surface area contributed by atoms with Crippen LogP contribution in [0, 0.1) is 6.92 Å². The number of anilines is 3. The predicted molar refractivity (Wildman–Crippen MR) is 105 cm³/mol. The maximum absolute atomic E-state index is 12.5. The summed E-state index contributed by atoms with van der Waals surface area (Å²) in [7, 11) is 3.91. The van der Waals surface area contributed by atoms with Crippen molar-refractivity contribution in [1.29, 1.82) is 0 Å². The number of piperidine rings is 1. The lowest BCUT2D eigenvalue weighted by atomic mass is 10.1. The molecule has 2 N–H and O–H groups in total. The van der Waals surface area contributed by atoms with Gasteiger partial charge in [-0.25, -0.2) is 14.8 Å². The van der Waals surface area contributed by atoms with Crippen molar-refractivity contribution in [3.05, 3.63) is 42.2 Å². The first kappa shape index (κ1) is 18.0. The number of carbonyl (C=O) groups excluding carboxylic acids is 1. The highest BCUT2D eigenvalue weighted by Crippen LogP contribution is 2.19. The Kier molecular flexibility index (Phi) is 5.55. The van der Waals surface area contributed by atoms with Gasteiger partial charge in [-0.15, -0.1) is 0 Å². The second-order valence-corrected chi connectivity index (χ2v) is 6.81. The van der Waals surface area contributed by atoms with Gasteiger partial charge in [0.1, 0.15) is 18.0 Å². The summed E-state index contributed by atoms with van der Waals surface area (Å²) in [6, 6.07) is 10.0. The average molecular weight is 354 g/mol. The van der Waals surface area contributed by atoms with Crippen molar-refractivity contribution < 1.29 is 4.79 Å². The number of nitrogens with one attached hydrogen (secondary N) is 2. The molecule has 0 unspecified atom stereocenters. The zero-order valence-corrected chi connectivity index (χ0v) is 15.6. The SMILES string of the molecule is Cc1ccccc1NC(=O)N1CCC(Nc2cc(N(C)C)ncn2)CC1. The number of nitrogens with zero attached hydrogens (tertiary/aromatic N) is 4. The highest BCUT2D eigenvalue weighted by Gasteiger charge is 2.23. The lowest BCUT2D eigenvalue weighted by Crippen LogP contribution is -2.44. The van der Waals surface area contributed by atoms with Gasteiger partial charge in [0.05, 0.1) is 0 Å². The predicted octanol–water partition coefficient (Wildman–Crippen LogP) is 2.96. The molecular weight excluding hydrogens is 328 g/mol. The molecule has 2 aromatic rings. The molecule has 0 atom stereocenters. The maximum Gasteiger partial charge on any atom is 0.321 e. The van der Waals surface area contributed by atoms with E-state index in [9.17, 15) is 4.79 Å². The fourth-order valence-electron chi connectivity index (χ4n) is 3.01. The van der Waals surface area contributed by atoms with Gasteiger partial charge in [-0.3, -0.25) is 0 Å². The Morgan fingerprint density at radius 2 is 1.92 bits per heavy atom. The number of para-hydroxylation sites is 1. The Balaban J connectivity index is 1.52. The molecule has 0 spiro atoms. The van der Waals surface area contributed by atoms with Crippen molar-refractivity contribution in [3.8, 4) is 0 Å². The van der Waals surface area contributed by atoms with Crippen LogP contribution in [0.25, 0.3) is 0 Å². The number of aryl methyl sites for hydroxylation is 1. The van der Waals surface area contributed by atoms with E-state index >= 15 is 0 Å². The Morgan fingerprint density at radius 3 is 2.62 bits per heavy atom. The number of rotatable bonds is 4. The summed E-state index contributed by atoms with van der Waals surface area (Å²) < 4.78 is 0. The summed E-state index contributed by atoms with van der Waals surface area (Å²) in [6.45, 7) is 3.44. The van der Waals surface area contributed by atoms with Gasteiger partial charge in [0.2, 0.25) is 0 Å². The van der Waals surface area contributed by atoms with E-state index in [0.29, 0.717) is 6.04 Å². The van der Waals surface area contributed by atoms with Crippen LogP contribution in [-0.4, -0.2) is 54.1 Å². The fraction of sp³-hybridized carbons (Fsp3) is 0.421. The molecule has 1 saturated heterocycles. The second-order valence-electron chi connectivity index (χ2n) is 6.81. The molecule has 1 aromatic carbocycles. The van der Waals surface area contributed by atoms with Gasteiger partial charge < -0.3 is 20.4 Å². The van der Waals surface area contributed by atoms with Gasteiger partial charge in [0, 0.05) is 45.0 Å². The number of aromatic nitrogens is 2. The van der Waals surface area contributed by atoms with Crippen LogP contribution in [0.1, 0.15) is 18.4 Å². The van der Waals surface area contributed by atoms with Gasteiger partial charge in [-0.2, -0.15) is 0 Å². The molecule has 138 valence electrons. The van der Waals surface area contributed by atoms with Crippen LogP contribution < -0.4 is 15.5 Å². The van der Waals surface area contributed by atoms with Crippen LogP contribution >= 0.6 is 0 Å². The highest BCUT2D eigenvalue weighted by atomic mass is 16.2. The minimum Gasteiger partial charge on any atom is -0.367 e. The van der Waals surface area contributed by atoms with Crippen molar-refractivity contribution in [2.75, 3.05) is 42.7 Å². The zero-order valence-electron chi connectivity index (χ0n) is 15.6. The monoisotopic (exact) mass is 354 g/mol. The van der Waals surface area contributed by atoms with E-state index in [1.165, 1.54) is 0 Å². The van der Waals surface area contributed by atoms with Crippen molar-refractivity contribution in [3.63, 3.8) is 0 Å². The van der Waals surface area contributed by atoms with Gasteiger partial charge in [-0.05, 0) is 31.4 Å². The van der Waals surface area contributed by atoms with Crippen molar-refractivity contribution in [1.82, 2.24) is 14.9 Å². The number of amides is 2. The molecule has 2 amide bonds. The molecular formula is C19H26N6O. The molecule has 3 rings (SSSR count). The molecule has 1 aromatic heterocycles. The average Bonchev–Trinajstić information content (AvgIpc) is 2.64. The van der Waals surface area contributed by atoms with E-state index in [1.807, 2.05) is 61.2 Å². The molecule has 1 aliphatic rings. The smallest absolute Gasteiger partial charge is 0.321 e. The van der Waals surface area contributed by atoms with Gasteiger partial charge >= 0.3 is 6.03 Å². The summed E-state index contributed by atoms with van der Waals surface area (Å²) in [5.74, 6) is 1.70. The Bertz CT molecular complexity index is 755. The fourth-order valence-corrected chi connectivity index (χ4v) is 3.01. The summed E-state index contributed by atoms with van der Waals surface area (Å²) in [6.07, 6.45) is 3.35. The molecule has 0 saturated carbocycles.